The van der Waals surface area contributed by atoms with Gasteiger partial charge in [0.05, 0.1) is 11.1 Å². The van der Waals surface area contributed by atoms with E-state index in [4.69, 9.17) is 5.11 Å². The largest absolute Gasteiger partial charge is 0.478 e. The smallest absolute Gasteiger partial charge is 0.335 e. The van der Waals surface area contributed by atoms with Crippen molar-refractivity contribution in [2.75, 3.05) is 0 Å². The summed E-state index contributed by atoms with van der Waals surface area (Å²) in [5.74, 6) is -1.17. The number of aromatic nitrogens is 1. The minimum absolute atomic E-state index is 0.205. The quantitative estimate of drug-likeness (QED) is 0.890. The predicted molar refractivity (Wildman–Crippen MR) is 73.5 cm³/mol. The molecule has 0 spiro atoms. The first-order valence-electron chi connectivity index (χ1n) is 6.08. The van der Waals surface area contributed by atoms with Crippen LogP contribution in [0.4, 0.5) is 0 Å². The summed E-state index contributed by atoms with van der Waals surface area (Å²) in [5.41, 5.74) is 2.49. The van der Waals surface area contributed by atoms with Gasteiger partial charge < -0.3 is 10.4 Å². The van der Waals surface area contributed by atoms with Gasteiger partial charge in [-0.05, 0) is 36.2 Å². The molecule has 0 saturated heterocycles. The molecule has 1 aromatic heterocycles. The molecule has 0 aliphatic rings. The van der Waals surface area contributed by atoms with Crippen LogP contribution in [-0.2, 0) is 6.54 Å². The van der Waals surface area contributed by atoms with E-state index in [9.17, 15) is 9.59 Å². The number of aryl methyl sites for hydroxylation is 1. The van der Waals surface area contributed by atoms with Gasteiger partial charge in [0.15, 0.2) is 0 Å². The minimum atomic E-state index is -0.966. The summed E-state index contributed by atoms with van der Waals surface area (Å²) in [7, 11) is 0. The summed E-state index contributed by atoms with van der Waals surface area (Å²) in [4.78, 5) is 26.6. The van der Waals surface area contributed by atoms with E-state index >= 15 is 0 Å². The monoisotopic (exact) mass is 270 g/mol. The van der Waals surface area contributed by atoms with Crippen LogP contribution in [0.2, 0.25) is 0 Å². The number of aromatic carboxylic acids is 1. The molecule has 0 bridgehead atoms. The number of nitrogens with one attached hydrogen (secondary N) is 1. The Morgan fingerprint density at radius 1 is 1.15 bits per heavy atom. The lowest BCUT2D eigenvalue weighted by atomic mass is 10.1. The topological polar surface area (TPSA) is 79.3 Å². The Morgan fingerprint density at radius 3 is 2.45 bits per heavy atom. The average Bonchev–Trinajstić information content (AvgIpc) is 2.45. The zero-order chi connectivity index (χ0) is 14.5. The van der Waals surface area contributed by atoms with E-state index in [2.05, 4.69) is 10.3 Å². The SMILES string of the molecule is Cc1cncc(C(=O)NCc2ccc(C(=O)O)cc2)c1. The van der Waals surface area contributed by atoms with E-state index in [0.29, 0.717) is 12.1 Å². The molecule has 1 aromatic carbocycles. The van der Waals surface area contributed by atoms with E-state index in [-0.39, 0.29) is 11.5 Å². The molecule has 0 aliphatic heterocycles. The lowest BCUT2D eigenvalue weighted by molar-refractivity contribution is 0.0696. The summed E-state index contributed by atoms with van der Waals surface area (Å²) in [5, 5.41) is 11.6. The third-order valence-electron chi connectivity index (χ3n) is 2.79. The van der Waals surface area contributed by atoms with Crippen LogP contribution in [0.1, 0.15) is 31.8 Å². The van der Waals surface area contributed by atoms with Gasteiger partial charge >= 0.3 is 5.97 Å². The van der Waals surface area contributed by atoms with E-state index in [1.807, 2.05) is 6.92 Å². The van der Waals surface area contributed by atoms with Crippen LogP contribution in [0.3, 0.4) is 0 Å². The second-order valence-corrected chi connectivity index (χ2v) is 4.44. The number of carboxylic acid groups (broad SMARTS) is 1. The molecule has 2 N–H and O–H groups in total. The number of amides is 1. The number of benzene rings is 1. The third-order valence-corrected chi connectivity index (χ3v) is 2.79. The molecule has 0 radical (unpaired) electrons. The van der Waals surface area contributed by atoms with Crippen LogP contribution in [0, 0.1) is 6.92 Å². The number of rotatable bonds is 4. The summed E-state index contributed by atoms with van der Waals surface area (Å²) in [6.45, 7) is 2.21. The maximum absolute atomic E-state index is 11.9. The van der Waals surface area contributed by atoms with E-state index in [1.165, 1.54) is 18.3 Å². The Labute approximate surface area is 116 Å². The molecular formula is C15H14N2O3. The fraction of sp³-hybridized carbons (Fsp3) is 0.133. The van der Waals surface area contributed by atoms with Crippen molar-refractivity contribution in [3.63, 3.8) is 0 Å². The molecule has 0 atom stereocenters. The van der Waals surface area contributed by atoms with Crippen LogP contribution in [0.15, 0.2) is 42.7 Å². The Kier molecular flexibility index (Phi) is 4.10. The van der Waals surface area contributed by atoms with Crippen LogP contribution < -0.4 is 5.32 Å². The lowest BCUT2D eigenvalue weighted by Gasteiger charge is -2.06. The zero-order valence-corrected chi connectivity index (χ0v) is 11.0. The Morgan fingerprint density at radius 2 is 1.85 bits per heavy atom. The maximum atomic E-state index is 11.9. The van der Waals surface area contributed by atoms with Crippen LogP contribution in [0.5, 0.6) is 0 Å². The van der Waals surface area contributed by atoms with Gasteiger partial charge in [-0.2, -0.15) is 0 Å². The highest BCUT2D eigenvalue weighted by atomic mass is 16.4. The van der Waals surface area contributed by atoms with Gasteiger partial charge in [0, 0.05) is 18.9 Å². The van der Waals surface area contributed by atoms with Crippen LogP contribution in [0.25, 0.3) is 0 Å². The second kappa shape index (κ2) is 5.97. The molecule has 2 aromatic rings. The van der Waals surface area contributed by atoms with Gasteiger partial charge in [-0.15, -0.1) is 0 Å². The van der Waals surface area contributed by atoms with E-state index in [0.717, 1.165) is 11.1 Å². The van der Waals surface area contributed by atoms with Crippen molar-refractivity contribution in [1.82, 2.24) is 10.3 Å². The van der Waals surface area contributed by atoms with Crippen molar-refractivity contribution in [1.29, 1.82) is 0 Å². The molecule has 1 amide bonds. The first kappa shape index (κ1) is 13.7. The number of hydrogen-bond acceptors (Lipinski definition) is 3. The molecular weight excluding hydrogens is 256 g/mol. The molecule has 0 fully saturated rings. The Balaban J connectivity index is 1.98. The van der Waals surface area contributed by atoms with E-state index in [1.54, 1.807) is 24.4 Å². The zero-order valence-electron chi connectivity index (χ0n) is 11.0. The number of hydrogen-bond donors (Lipinski definition) is 2. The highest BCUT2D eigenvalue weighted by Gasteiger charge is 2.06. The van der Waals surface area contributed by atoms with Crippen molar-refractivity contribution in [3.8, 4) is 0 Å². The second-order valence-electron chi connectivity index (χ2n) is 4.44. The first-order chi connectivity index (χ1) is 9.56. The first-order valence-corrected chi connectivity index (χ1v) is 6.08. The summed E-state index contributed by atoms with van der Waals surface area (Å²) >= 11 is 0. The van der Waals surface area contributed by atoms with Crippen LogP contribution in [-0.4, -0.2) is 22.0 Å². The van der Waals surface area contributed by atoms with Gasteiger partial charge in [-0.3, -0.25) is 9.78 Å². The predicted octanol–water partition coefficient (Wildman–Crippen LogP) is 2.02. The third kappa shape index (κ3) is 3.41. The number of carbonyl (C=O) groups excluding carboxylic acids is 1. The summed E-state index contributed by atoms with van der Waals surface area (Å²) in [6, 6.07) is 8.14. The lowest BCUT2D eigenvalue weighted by Crippen LogP contribution is -2.23. The van der Waals surface area contributed by atoms with Crippen LogP contribution >= 0.6 is 0 Å². The minimum Gasteiger partial charge on any atom is -0.478 e. The van der Waals surface area contributed by atoms with Crippen molar-refractivity contribution in [3.05, 3.63) is 65.0 Å². The van der Waals surface area contributed by atoms with Gasteiger partial charge in [-0.25, -0.2) is 4.79 Å². The molecule has 1 heterocycles. The Bertz CT molecular complexity index is 636. The molecule has 0 saturated carbocycles. The maximum Gasteiger partial charge on any atom is 0.335 e. The number of pyridine rings is 1. The number of nitrogens with zero attached hydrogens (tertiary/aromatic N) is 1. The highest BCUT2D eigenvalue weighted by Crippen LogP contribution is 2.05. The van der Waals surface area contributed by atoms with Gasteiger partial charge in [0.25, 0.3) is 5.91 Å². The fourth-order valence-electron chi connectivity index (χ4n) is 1.73. The van der Waals surface area contributed by atoms with Crippen molar-refractivity contribution in [2.24, 2.45) is 0 Å². The van der Waals surface area contributed by atoms with Crippen molar-refractivity contribution >= 4 is 11.9 Å². The average molecular weight is 270 g/mol. The molecule has 0 aliphatic carbocycles. The number of carbonyl (C=O) groups is 2. The molecule has 0 unspecified atom stereocenters. The van der Waals surface area contributed by atoms with E-state index < -0.39 is 5.97 Å². The summed E-state index contributed by atoms with van der Waals surface area (Å²) in [6.07, 6.45) is 3.19. The fourth-order valence-corrected chi connectivity index (χ4v) is 1.73. The van der Waals surface area contributed by atoms with Gasteiger partial charge in [0.1, 0.15) is 0 Å². The van der Waals surface area contributed by atoms with Gasteiger partial charge in [0.2, 0.25) is 0 Å². The normalized spacial score (nSPS) is 10.1. The molecule has 20 heavy (non-hydrogen) atoms. The van der Waals surface area contributed by atoms with Crippen molar-refractivity contribution < 1.29 is 14.7 Å². The summed E-state index contributed by atoms with van der Waals surface area (Å²) < 4.78 is 0. The number of carboxylic acids is 1. The van der Waals surface area contributed by atoms with Gasteiger partial charge in [-0.1, -0.05) is 12.1 Å². The molecule has 5 heteroatoms. The molecule has 102 valence electrons. The molecule has 5 nitrogen and oxygen atoms in total. The molecule has 2 rings (SSSR count). The highest BCUT2D eigenvalue weighted by molar-refractivity contribution is 5.94. The Hall–Kier alpha value is -2.69. The standard InChI is InChI=1S/C15H14N2O3/c1-10-6-13(9-16-7-10)14(18)17-8-11-2-4-12(5-3-11)15(19)20/h2-7,9H,8H2,1H3,(H,17,18)(H,19,20). The van der Waals surface area contributed by atoms with Crippen molar-refractivity contribution in [2.45, 2.75) is 13.5 Å².